The van der Waals surface area contributed by atoms with Crippen molar-refractivity contribution >= 4 is 5.91 Å². The van der Waals surface area contributed by atoms with Gasteiger partial charge in [-0.25, -0.2) is 0 Å². The quantitative estimate of drug-likeness (QED) is 0.609. The summed E-state index contributed by atoms with van der Waals surface area (Å²) >= 11 is 0. The van der Waals surface area contributed by atoms with Crippen LogP contribution in [0.3, 0.4) is 0 Å². The van der Waals surface area contributed by atoms with Gasteiger partial charge in [0.05, 0.1) is 6.61 Å². The van der Waals surface area contributed by atoms with Gasteiger partial charge in [-0.1, -0.05) is 0 Å². The van der Waals surface area contributed by atoms with Crippen molar-refractivity contribution in [3.05, 3.63) is 0 Å². The lowest BCUT2D eigenvalue weighted by Gasteiger charge is -2.30. The summed E-state index contributed by atoms with van der Waals surface area (Å²) in [4.78, 5) is 13.7. The highest BCUT2D eigenvalue weighted by molar-refractivity contribution is 5.76. The van der Waals surface area contributed by atoms with Crippen LogP contribution in [0.1, 0.15) is 19.3 Å². The second-order valence-electron chi connectivity index (χ2n) is 4.65. The molecule has 1 amide bonds. The second kappa shape index (κ2) is 8.44. The molecule has 0 spiro atoms. The second-order valence-corrected chi connectivity index (χ2v) is 4.65. The molecular formula is C12H25N3O2. The number of nitrogens with zero attached hydrogens (tertiary/aromatic N) is 1. The maximum atomic E-state index is 11.4. The van der Waals surface area contributed by atoms with E-state index in [4.69, 9.17) is 4.74 Å². The highest BCUT2D eigenvalue weighted by Gasteiger charge is 2.16. The first-order chi connectivity index (χ1) is 8.22. The number of rotatable bonds is 7. The molecule has 0 saturated carbocycles. The van der Waals surface area contributed by atoms with Gasteiger partial charge in [0.15, 0.2) is 0 Å². The summed E-state index contributed by atoms with van der Waals surface area (Å²) in [7, 11) is 3.78. The van der Waals surface area contributed by atoms with Crippen LogP contribution in [0.15, 0.2) is 0 Å². The SMILES string of the molecule is COCCNC(=O)CCNC1CCCN(C)C1. The van der Waals surface area contributed by atoms with Gasteiger partial charge in [-0.2, -0.15) is 0 Å². The van der Waals surface area contributed by atoms with Gasteiger partial charge in [-0.3, -0.25) is 4.79 Å². The summed E-state index contributed by atoms with van der Waals surface area (Å²) in [6.07, 6.45) is 3.01. The Morgan fingerprint density at radius 2 is 2.29 bits per heavy atom. The van der Waals surface area contributed by atoms with E-state index in [1.54, 1.807) is 7.11 Å². The monoisotopic (exact) mass is 243 g/mol. The average Bonchev–Trinajstić information content (AvgIpc) is 2.29. The van der Waals surface area contributed by atoms with Crippen LogP contribution in [0.5, 0.6) is 0 Å². The fourth-order valence-corrected chi connectivity index (χ4v) is 2.10. The van der Waals surface area contributed by atoms with E-state index in [1.807, 2.05) is 0 Å². The summed E-state index contributed by atoms with van der Waals surface area (Å²) in [6.45, 7) is 4.21. The molecule has 1 aliphatic rings. The van der Waals surface area contributed by atoms with Gasteiger partial charge < -0.3 is 20.3 Å². The van der Waals surface area contributed by atoms with Crippen LogP contribution in [-0.2, 0) is 9.53 Å². The Kier molecular flexibility index (Phi) is 7.16. The van der Waals surface area contributed by atoms with E-state index in [9.17, 15) is 4.79 Å². The predicted octanol–water partition coefficient (Wildman–Crippen LogP) is -0.177. The van der Waals surface area contributed by atoms with Crippen molar-refractivity contribution in [2.45, 2.75) is 25.3 Å². The minimum absolute atomic E-state index is 0.0960. The number of hydrogen-bond donors (Lipinski definition) is 2. The van der Waals surface area contributed by atoms with Gasteiger partial charge in [0.1, 0.15) is 0 Å². The van der Waals surface area contributed by atoms with Gasteiger partial charge in [0, 0.05) is 39.2 Å². The Morgan fingerprint density at radius 3 is 3.00 bits per heavy atom. The van der Waals surface area contributed by atoms with E-state index in [-0.39, 0.29) is 5.91 Å². The van der Waals surface area contributed by atoms with Crippen LogP contribution in [0.2, 0.25) is 0 Å². The van der Waals surface area contributed by atoms with Crippen LogP contribution in [-0.4, -0.2) is 63.8 Å². The molecule has 5 nitrogen and oxygen atoms in total. The number of likely N-dealkylation sites (N-methyl/N-ethyl adjacent to an activating group) is 1. The molecule has 1 heterocycles. The molecule has 0 radical (unpaired) electrons. The molecule has 1 fully saturated rings. The van der Waals surface area contributed by atoms with Crippen molar-refractivity contribution in [3.63, 3.8) is 0 Å². The zero-order valence-corrected chi connectivity index (χ0v) is 11.0. The first-order valence-electron chi connectivity index (χ1n) is 6.40. The van der Waals surface area contributed by atoms with Crippen molar-refractivity contribution in [1.29, 1.82) is 0 Å². The molecule has 2 N–H and O–H groups in total. The van der Waals surface area contributed by atoms with Gasteiger partial charge in [0.25, 0.3) is 0 Å². The number of piperidine rings is 1. The largest absolute Gasteiger partial charge is 0.383 e. The molecular weight excluding hydrogens is 218 g/mol. The molecule has 100 valence electrons. The van der Waals surface area contributed by atoms with Crippen molar-refractivity contribution in [3.8, 4) is 0 Å². The smallest absolute Gasteiger partial charge is 0.221 e. The van der Waals surface area contributed by atoms with Gasteiger partial charge in [-0.05, 0) is 26.4 Å². The average molecular weight is 243 g/mol. The molecule has 5 heteroatoms. The van der Waals surface area contributed by atoms with Crippen molar-refractivity contribution in [2.24, 2.45) is 0 Å². The van der Waals surface area contributed by atoms with E-state index >= 15 is 0 Å². The number of nitrogens with one attached hydrogen (secondary N) is 2. The topological polar surface area (TPSA) is 53.6 Å². The maximum Gasteiger partial charge on any atom is 0.221 e. The molecule has 17 heavy (non-hydrogen) atoms. The Hall–Kier alpha value is -0.650. The molecule has 0 aromatic rings. The third-order valence-corrected chi connectivity index (χ3v) is 3.04. The Balaban J connectivity index is 2.00. The van der Waals surface area contributed by atoms with Crippen LogP contribution in [0.4, 0.5) is 0 Å². The molecule has 1 rings (SSSR count). The number of methoxy groups -OCH3 is 1. The number of hydrogen-bond acceptors (Lipinski definition) is 4. The number of carbonyl (C=O) groups excluding carboxylic acids is 1. The summed E-state index contributed by atoms with van der Waals surface area (Å²) in [6, 6.07) is 0.542. The number of carbonyl (C=O) groups is 1. The molecule has 0 aliphatic carbocycles. The zero-order valence-electron chi connectivity index (χ0n) is 11.0. The summed E-state index contributed by atoms with van der Waals surface area (Å²) in [5.74, 6) is 0.0960. The first-order valence-corrected chi connectivity index (χ1v) is 6.40. The minimum Gasteiger partial charge on any atom is -0.383 e. The fraction of sp³-hybridized carbons (Fsp3) is 0.917. The predicted molar refractivity (Wildman–Crippen MR) is 68.0 cm³/mol. The van der Waals surface area contributed by atoms with Gasteiger partial charge >= 0.3 is 0 Å². The van der Waals surface area contributed by atoms with Gasteiger partial charge in [0.2, 0.25) is 5.91 Å². The van der Waals surface area contributed by atoms with Crippen molar-refractivity contribution < 1.29 is 9.53 Å². The normalized spacial score (nSPS) is 21.4. The first kappa shape index (κ1) is 14.4. The van der Waals surface area contributed by atoms with Crippen LogP contribution < -0.4 is 10.6 Å². The Morgan fingerprint density at radius 1 is 1.47 bits per heavy atom. The molecule has 1 atom stereocenters. The van der Waals surface area contributed by atoms with E-state index < -0.39 is 0 Å². The lowest BCUT2D eigenvalue weighted by Crippen LogP contribution is -2.45. The van der Waals surface area contributed by atoms with Gasteiger partial charge in [-0.15, -0.1) is 0 Å². The summed E-state index contributed by atoms with van der Waals surface area (Å²) in [5.41, 5.74) is 0. The minimum atomic E-state index is 0.0960. The molecule has 0 bridgehead atoms. The Bertz CT molecular complexity index is 224. The fourth-order valence-electron chi connectivity index (χ4n) is 2.10. The van der Waals surface area contributed by atoms with Crippen molar-refractivity contribution in [2.75, 3.05) is 46.9 Å². The van der Waals surface area contributed by atoms with E-state index in [1.165, 1.54) is 19.4 Å². The maximum absolute atomic E-state index is 11.4. The van der Waals surface area contributed by atoms with Crippen LogP contribution >= 0.6 is 0 Å². The van der Waals surface area contributed by atoms with Crippen LogP contribution in [0.25, 0.3) is 0 Å². The third kappa shape index (κ3) is 6.61. The molecule has 0 aromatic heterocycles. The molecule has 1 unspecified atom stereocenters. The highest BCUT2D eigenvalue weighted by atomic mass is 16.5. The third-order valence-electron chi connectivity index (χ3n) is 3.04. The lowest BCUT2D eigenvalue weighted by molar-refractivity contribution is -0.121. The van der Waals surface area contributed by atoms with Crippen molar-refractivity contribution in [1.82, 2.24) is 15.5 Å². The zero-order chi connectivity index (χ0) is 12.5. The number of ether oxygens (including phenoxy) is 1. The van der Waals surface area contributed by atoms with Crippen LogP contribution in [0, 0.1) is 0 Å². The number of amides is 1. The molecule has 0 aromatic carbocycles. The standard InChI is InChI=1S/C12H25N3O2/c1-15-8-3-4-11(10-15)13-6-5-12(16)14-7-9-17-2/h11,13H,3-10H2,1-2H3,(H,14,16). The van der Waals surface area contributed by atoms with E-state index in [0.717, 1.165) is 13.1 Å². The van der Waals surface area contributed by atoms with E-state index in [2.05, 4.69) is 22.6 Å². The molecule has 1 saturated heterocycles. The highest BCUT2D eigenvalue weighted by Crippen LogP contribution is 2.07. The Labute approximate surface area is 104 Å². The summed E-state index contributed by atoms with van der Waals surface area (Å²) in [5, 5.41) is 6.26. The summed E-state index contributed by atoms with van der Waals surface area (Å²) < 4.78 is 4.87. The molecule has 1 aliphatic heterocycles. The number of likely N-dealkylation sites (tertiary alicyclic amines) is 1. The van der Waals surface area contributed by atoms with E-state index in [0.29, 0.717) is 25.6 Å². The lowest BCUT2D eigenvalue weighted by atomic mass is 10.1.